The van der Waals surface area contributed by atoms with E-state index in [0.717, 1.165) is 25.7 Å². The van der Waals surface area contributed by atoms with Gasteiger partial charge in [-0.1, -0.05) is 29.8 Å². The molecule has 0 bridgehead atoms. The van der Waals surface area contributed by atoms with Crippen LogP contribution in [0, 0.1) is 0 Å². The van der Waals surface area contributed by atoms with Gasteiger partial charge in [0.25, 0.3) is 0 Å². The molecule has 0 aromatic heterocycles. The molecule has 6 heteroatoms. The first-order valence-electron chi connectivity index (χ1n) is 6.98. The number of alkyl halides is 3. The lowest BCUT2D eigenvalue weighted by atomic mass is 9.91. The minimum absolute atomic E-state index is 0.204. The fourth-order valence-corrected chi connectivity index (χ4v) is 2.60. The fraction of sp³-hybridized carbons (Fsp3) is 0.467. The molecule has 0 saturated carbocycles. The highest BCUT2D eigenvalue weighted by atomic mass is 19.4. The molecule has 2 rings (SSSR count). The highest BCUT2D eigenvalue weighted by molar-refractivity contribution is 5.37. The molecule has 0 heterocycles. The standard InChI is InChI=1S/C15H19F3N2O/c16-15(17,18)21-14-9-5-4-8-12(14)13(20-19)10-11-6-2-1-3-7-11/h4-6,8-9,13,20H,1-3,7,10,19H2. The van der Waals surface area contributed by atoms with Crippen molar-refractivity contribution < 1.29 is 17.9 Å². The first-order chi connectivity index (χ1) is 9.99. The molecular weight excluding hydrogens is 281 g/mol. The molecule has 0 radical (unpaired) electrons. The molecule has 1 aliphatic carbocycles. The Balaban J connectivity index is 2.19. The van der Waals surface area contributed by atoms with E-state index in [4.69, 9.17) is 5.84 Å². The molecule has 3 nitrogen and oxygen atoms in total. The molecule has 1 atom stereocenters. The normalized spacial score (nSPS) is 17.2. The summed E-state index contributed by atoms with van der Waals surface area (Å²) in [5.41, 5.74) is 4.25. The van der Waals surface area contributed by atoms with Gasteiger partial charge >= 0.3 is 6.36 Å². The van der Waals surface area contributed by atoms with Crippen LogP contribution in [0.3, 0.4) is 0 Å². The monoisotopic (exact) mass is 300 g/mol. The Morgan fingerprint density at radius 3 is 2.62 bits per heavy atom. The fourth-order valence-electron chi connectivity index (χ4n) is 2.60. The molecule has 1 aromatic carbocycles. The smallest absolute Gasteiger partial charge is 0.405 e. The van der Waals surface area contributed by atoms with E-state index in [0.29, 0.717) is 12.0 Å². The molecule has 0 spiro atoms. The Hall–Kier alpha value is -1.53. The molecular formula is C15H19F3N2O. The number of rotatable bonds is 5. The van der Waals surface area contributed by atoms with Crippen molar-refractivity contribution in [1.82, 2.24) is 5.43 Å². The van der Waals surface area contributed by atoms with E-state index in [1.54, 1.807) is 12.1 Å². The number of benzene rings is 1. The summed E-state index contributed by atoms with van der Waals surface area (Å²) in [5.74, 6) is 5.34. The molecule has 0 saturated heterocycles. The average Bonchev–Trinajstić information content (AvgIpc) is 2.45. The second-order valence-electron chi connectivity index (χ2n) is 5.12. The summed E-state index contributed by atoms with van der Waals surface area (Å²) in [6.07, 6.45) is 2.31. The van der Waals surface area contributed by atoms with Gasteiger partial charge in [0.2, 0.25) is 0 Å². The highest BCUT2D eigenvalue weighted by Gasteiger charge is 2.33. The van der Waals surface area contributed by atoms with Crippen molar-refractivity contribution in [3.63, 3.8) is 0 Å². The van der Waals surface area contributed by atoms with Crippen molar-refractivity contribution in [3.8, 4) is 5.75 Å². The number of ether oxygens (including phenoxy) is 1. The summed E-state index contributed by atoms with van der Waals surface area (Å²) in [6.45, 7) is 0. The Kier molecular flexibility index (Phi) is 5.25. The number of hydrogen-bond acceptors (Lipinski definition) is 3. The van der Waals surface area contributed by atoms with E-state index in [1.165, 1.54) is 17.7 Å². The van der Waals surface area contributed by atoms with Gasteiger partial charge in [0, 0.05) is 5.56 Å². The zero-order valence-corrected chi connectivity index (χ0v) is 11.6. The maximum absolute atomic E-state index is 12.5. The predicted octanol–water partition coefficient (Wildman–Crippen LogP) is 3.98. The first-order valence-corrected chi connectivity index (χ1v) is 6.98. The number of allylic oxidation sites excluding steroid dienone is 1. The third kappa shape index (κ3) is 4.75. The van der Waals surface area contributed by atoms with Gasteiger partial charge < -0.3 is 4.74 Å². The summed E-state index contributed by atoms with van der Waals surface area (Å²) in [7, 11) is 0. The molecule has 1 aromatic rings. The minimum Gasteiger partial charge on any atom is -0.405 e. The molecule has 3 N–H and O–H groups in total. The average molecular weight is 300 g/mol. The van der Waals surface area contributed by atoms with Crippen molar-refractivity contribution in [2.24, 2.45) is 5.84 Å². The van der Waals surface area contributed by atoms with Crippen LogP contribution in [0.4, 0.5) is 13.2 Å². The first kappa shape index (κ1) is 15.9. The van der Waals surface area contributed by atoms with Crippen LogP contribution in [0.5, 0.6) is 5.75 Å². The van der Waals surface area contributed by atoms with Crippen molar-refractivity contribution in [1.29, 1.82) is 0 Å². The van der Waals surface area contributed by atoms with Gasteiger partial charge in [0.1, 0.15) is 5.75 Å². The van der Waals surface area contributed by atoms with E-state index in [2.05, 4.69) is 16.2 Å². The van der Waals surface area contributed by atoms with E-state index in [1.807, 2.05) is 0 Å². The summed E-state index contributed by atoms with van der Waals surface area (Å²) in [6, 6.07) is 5.71. The maximum Gasteiger partial charge on any atom is 0.573 e. The quantitative estimate of drug-likeness (QED) is 0.491. The van der Waals surface area contributed by atoms with E-state index in [-0.39, 0.29) is 5.75 Å². The second-order valence-corrected chi connectivity index (χ2v) is 5.12. The van der Waals surface area contributed by atoms with Crippen molar-refractivity contribution in [3.05, 3.63) is 41.5 Å². The summed E-state index contributed by atoms with van der Waals surface area (Å²) in [4.78, 5) is 0. The lowest BCUT2D eigenvalue weighted by Crippen LogP contribution is -2.29. The summed E-state index contributed by atoms with van der Waals surface area (Å²) in [5, 5.41) is 0. The number of hydrogen-bond donors (Lipinski definition) is 2. The Bertz CT molecular complexity index is 500. The van der Waals surface area contributed by atoms with Gasteiger partial charge in [0.05, 0.1) is 6.04 Å². The molecule has 1 aliphatic rings. The molecule has 1 unspecified atom stereocenters. The lowest BCUT2D eigenvalue weighted by Gasteiger charge is -2.23. The van der Waals surface area contributed by atoms with Gasteiger partial charge in [-0.15, -0.1) is 13.2 Å². The van der Waals surface area contributed by atoms with E-state index >= 15 is 0 Å². The summed E-state index contributed by atoms with van der Waals surface area (Å²) >= 11 is 0. The van der Waals surface area contributed by atoms with Crippen molar-refractivity contribution in [2.75, 3.05) is 0 Å². The minimum atomic E-state index is -4.71. The second kappa shape index (κ2) is 6.95. The number of nitrogens with two attached hydrogens (primary N) is 1. The van der Waals surface area contributed by atoms with Gasteiger partial charge in [-0.2, -0.15) is 0 Å². The van der Waals surface area contributed by atoms with Crippen LogP contribution in [0.2, 0.25) is 0 Å². The SMILES string of the molecule is NNC(CC1=CCCCC1)c1ccccc1OC(F)(F)F. The van der Waals surface area contributed by atoms with E-state index < -0.39 is 12.4 Å². The predicted molar refractivity (Wildman–Crippen MR) is 74.4 cm³/mol. The zero-order valence-electron chi connectivity index (χ0n) is 11.6. The highest BCUT2D eigenvalue weighted by Crippen LogP contribution is 2.34. The number of hydrazine groups is 1. The van der Waals surface area contributed by atoms with Crippen LogP contribution in [0.15, 0.2) is 35.9 Å². The van der Waals surface area contributed by atoms with Crippen LogP contribution in [0.1, 0.15) is 43.7 Å². The Labute approximate surface area is 121 Å². The van der Waals surface area contributed by atoms with Gasteiger partial charge in [-0.05, 0) is 38.2 Å². The molecule has 21 heavy (non-hydrogen) atoms. The topological polar surface area (TPSA) is 47.3 Å². The Morgan fingerprint density at radius 2 is 2.00 bits per heavy atom. The van der Waals surface area contributed by atoms with Gasteiger partial charge in [-0.25, -0.2) is 0 Å². The molecule has 0 aliphatic heterocycles. The van der Waals surface area contributed by atoms with Gasteiger partial charge in [0.15, 0.2) is 0 Å². The lowest BCUT2D eigenvalue weighted by molar-refractivity contribution is -0.275. The van der Waals surface area contributed by atoms with Crippen LogP contribution >= 0.6 is 0 Å². The van der Waals surface area contributed by atoms with Crippen molar-refractivity contribution >= 4 is 0 Å². The largest absolute Gasteiger partial charge is 0.573 e. The third-order valence-electron chi connectivity index (χ3n) is 3.57. The van der Waals surface area contributed by atoms with Crippen LogP contribution < -0.4 is 16.0 Å². The zero-order chi connectivity index (χ0) is 15.3. The van der Waals surface area contributed by atoms with E-state index in [9.17, 15) is 13.2 Å². The third-order valence-corrected chi connectivity index (χ3v) is 3.57. The van der Waals surface area contributed by atoms with Crippen molar-refractivity contribution in [2.45, 2.75) is 44.5 Å². The van der Waals surface area contributed by atoms with Gasteiger partial charge in [-0.3, -0.25) is 11.3 Å². The number of para-hydroxylation sites is 1. The molecule has 0 amide bonds. The number of nitrogens with one attached hydrogen (secondary N) is 1. The summed E-state index contributed by atoms with van der Waals surface area (Å²) < 4.78 is 41.5. The molecule has 116 valence electrons. The maximum atomic E-state index is 12.5. The van der Waals surface area contributed by atoms with Crippen LogP contribution in [-0.4, -0.2) is 6.36 Å². The van der Waals surface area contributed by atoms with Crippen LogP contribution in [-0.2, 0) is 0 Å². The molecule has 0 fully saturated rings. The Morgan fingerprint density at radius 1 is 1.24 bits per heavy atom. The number of halogens is 3. The van der Waals surface area contributed by atoms with Crippen LogP contribution in [0.25, 0.3) is 0 Å².